The van der Waals surface area contributed by atoms with Gasteiger partial charge in [-0.15, -0.1) is 11.3 Å². The van der Waals surface area contributed by atoms with E-state index in [1.54, 1.807) is 11.3 Å². The van der Waals surface area contributed by atoms with Gasteiger partial charge >= 0.3 is 0 Å². The van der Waals surface area contributed by atoms with Gasteiger partial charge in [0.1, 0.15) is 5.01 Å². The maximum atomic E-state index is 4.63. The number of piperidine rings is 1. The molecule has 1 saturated heterocycles. The summed E-state index contributed by atoms with van der Waals surface area (Å²) in [6.45, 7) is 6.65. The first-order valence-corrected chi connectivity index (χ1v) is 8.51. The van der Waals surface area contributed by atoms with Crippen molar-refractivity contribution < 1.29 is 0 Å². The second-order valence-electron chi connectivity index (χ2n) is 6.18. The average Bonchev–Trinajstić information content (AvgIpc) is 2.79. The van der Waals surface area contributed by atoms with E-state index in [0.717, 1.165) is 28.7 Å². The predicted octanol–water partition coefficient (Wildman–Crippen LogP) is 3.71. The van der Waals surface area contributed by atoms with E-state index in [9.17, 15) is 0 Å². The van der Waals surface area contributed by atoms with E-state index in [1.807, 2.05) is 6.20 Å². The van der Waals surface area contributed by atoms with Crippen LogP contribution in [0.25, 0.3) is 10.7 Å². The fourth-order valence-electron chi connectivity index (χ4n) is 3.07. The first-order chi connectivity index (χ1) is 10.1. The summed E-state index contributed by atoms with van der Waals surface area (Å²) >= 11 is 1.74. The molecule has 0 bridgehead atoms. The molecule has 2 aromatic rings. The highest BCUT2D eigenvalue weighted by molar-refractivity contribution is 7.15. The molecule has 1 unspecified atom stereocenters. The SMILES string of the molecule is Cc1nc(-c2cc(CC3CCCN(C)C3)ccn2)sc1C. The average molecular weight is 301 g/mol. The number of thiazole rings is 1. The standard InChI is InChI=1S/C17H23N3S/c1-12-13(2)21-17(19-12)16-10-14(6-7-18-16)9-15-5-4-8-20(3)11-15/h6-7,10,15H,4-5,8-9,11H2,1-3H3. The molecule has 3 heterocycles. The van der Waals surface area contributed by atoms with E-state index in [4.69, 9.17) is 0 Å². The van der Waals surface area contributed by atoms with Crippen LogP contribution in [0, 0.1) is 19.8 Å². The number of nitrogens with zero attached hydrogens (tertiary/aromatic N) is 3. The fourth-order valence-corrected chi connectivity index (χ4v) is 3.96. The lowest BCUT2D eigenvalue weighted by atomic mass is 9.92. The Morgan fingerprint density at radius 1 is 1.38 bits per heavy atom. The molecule has 2 aromatic heterocycles. The van der Waals surface area contributed by atoms with Crippen LogP contribution in [0.3, 0.4) is 0 Å². The molecule has 0 spiro atoms. The van der Waals surface area contributed by atoms with Crippen molar-refractivity contribution >= 4 is 11.3 Å². The summed E-state index contributed by atoms with van der Waals surface area (Å²) in [5.41, 5.74) is 3.54. The van der Waals surface area contributed by atoms with Crippen LogP contribution in [0.15, 0.2) is 18.3 Å². The Balaban J connectivity index is 1.76. The van der Waals surface area contributed by atoms with Crippen LogP contribution >= 0.6 is 11.3 Å². The number of aromatic nitrogens is 2. The van der Waals surface area contributed by atoms with E-state index >= 15 is 0 Å². The lowest BCUT2D eigenvalue weighted by Crippen LogP contribution is -2.32. The molecule has 3 nitrogen and oxygen atoms in total. The highest BCUT2D eigenvalue weighted by Crippen LogP contribution is 2.27. The molecule has 112 valence electrons. The third-order valence-corrected chi connectivity index (χ3v) is 5.41. The normalized spacial score (nSPS) is 19.9. The molecular formula is C17H23N3S. The van der Waals surface area contributed by atoms with Crippen molar-refractivity contribution in [2.75, 3.05) is 20.1 Å². The minimum Gasteiger partial charge on any atom is -0.306 e. The zero-order valence-corrected chi connectivity index (χ0v) is 13.9. The van der Waals surface area contributed by atoms with Gasteiger partial charge in [-0.1, -0.05) is 0 Å². The Morgan fingerprint density at radius 2 is 2.24 bits per heavy atom. The van der Waals surface area contributed by atoms with E-state index < -0.39 is 0 Å². The van der Waals surface area contributed by atoms with Crippen LogP contribution in [-0.4, -0.2) is 35.0 Å². The van der Waals surface area contributed by atoms with Crippen molar-refractivity contribution in [3.63, 3.8) is 0 Å². The summed E-state index contributed by atoms with van der Waals surface area (Å²) in [7, 11) is 2.23. The molecule has 0 aliphatic carbocycles. The second kappa shape index (κ2) is 6.24. The molecule has 1 fully saturated rings. The monoisotopic (exact) mass is 301 g/mol. The van der Waals surface area contributed by atoms with Crippen molar-refractivity contribution in [1.29, 1.82) is 0 Å². The zero-order valence-electron chi connectivity index (χ0n) is 13.1. The fraction of sp³-hybridized carbons (Fsp3) is 0.529. The van der Waals surface area contributed by atoms with E-state index in [2.05, 4.69) is 47.9 Å². The zero-order chi connectivity index (χ0) is 14.8. The lowest BCUT2D eigenvalue weighted by Gasteiger charge is -2.29. The van der Waals surface area contributed by atoms with Crippen LogP contribution in [-0.2, 0) is 6.42 Å². The maximum absolute atomic E-state index is 4.63. The van der Waals surface area contributed by atoms with Crippen molar-refractivity contribution in [2.24, 2.45) is 5.92 Å². The molecule has 0 radical (unpaired) electrons. The molecule has 1 aliphatic heterocycles. The summed E-state index contributed by atoms with van der Waals surface area (Å²) in [5, 5.41) is 1.05. The Hall–Kier alpha value is -1.26. The van der Waals surface area contributed by atoms with Gasteiger partial charge in [-0.3, -0.25) is 4.98 Å². The summed E-state index contributed by atoms with van der Waals surface area (Å²) in [4.78, 5) is 12.9. The Kier molecular flexibility index (Phi) is 4.36. The van der Waals surface area contributed by atoms with Crippen molar-refractivity contribution in [3.05, 3.63) is 34.5 Å². The molecule has 1 aliphatic rings. The van der Waals surface area contributed by atoms with Gasteiger partial charge < -0.3 is 4.90 Å². The van der Waals surface area contributed by atoms with Gasteiger partial charge in [0.15, 0.2) is 0 Å². The number of aryl methyl sites for hydroxylation is 2. The van der Waals surface area contributed by atoms with Crippen molar-refractivity contribution in [2.45, 2.75) is 33.1 Å². The Labute approximate surface area is 131 Å². The van der Waals surface area contributed by atoms with Gasteiger partial charge in [-0.2, -0.15) is 0 Å². The number of pyridine rings is 1. The van der Waals surface area contributed by atoms with E-state index in [0.29, 0.717) is 0 Å². The molecule has 1 atom stereocenters. The lowest BCUT2D eigenvalue weighted by molar-refractivity contribution is 0.209. The molecule has 0 N–H and O–H groups in total. The van der Waals surface area contributed by atoms with E-state index in [-0.39, 0.29) is 0 Å². The minimum absolute atomic E-state index is 0.777. The first kappa shape index (κ1) is 14.7. The minimum atomic E-state index is 0.777. The number of hydrogen-bond acceptors (Lipinski definition) is 4. The largest absolute Gasteiger partial charge is 0.306 e. The van der Waals surface area contributed by atoms with Gasteiger partial charge in [0, 0.05) is 17.6 Å². The van der Waals surface area contributed by atoms with Gasteiger partial charge in [0.2, 0.25) is 0 Å². The van der Waals surface area contributed by atoms with E-state index in [1.165, 1.54) is 36.4 Å². The quantitative estimate of drug-likeness (QED) is 0.865. The molecule has 0 saturated carbocycles. The molecule has 0 amide bonds. The Bertz CT molecular complexity index is 601. The molecule has 3 rings (SSSR count). The van der Waals surface area contributed by atoms with Gasteiger partial charge in [-0.05, 0) is 70.3 Å². The number of hydrogen-bond donors (Lipinski definition) is 0. The number of rotatable bonds is 3. The van der Waals surface area contributed by atoms with Crippen LogP contribution in [0.1, 0.15) is 29.0 Å². The topological polar surface area (TPSA) is 29.0 Å². The van der Waals surface area contributed by atoms with Gasteiger partial charge in [0.25, 0.3) is 0 Å². The van der Waals surface area contributed by atoms with Gasteiger partial charge in [0.05, 0.1) is 11.4 Å². The molecule has 4 heteroatoms. The van der Waals surface area contributed by atoms with Crippen LogP contribution in [0.4, 0.5) is 0 Å². The smallest absolute Gasteiger partial charge is 0.142 e. The first-order valence-electron chi connectivity index (χ1n) is 7.69. The third kappa shape index (κ3) is 3.50. The second-order valence-corrected chi connectivity index (χ2v) is 7.39. The highest BCUT2D eigenvalue weighted by Gasteiger charge is 2.18. The molecule has 0 aromatic carbocycles. The summed E-state index contributed by atoms with van der Waals surface area (Å²) in [6.07, 6.45) is 5.76. The number of likely N-dealkylation sites (tertiary alicyclic amines) is 1. The summed E-state index contributed by atoms with van der Waals surface area (Å²) in [6, 6.07) is 4.39. The third-order valence-electron chi connectivity index (χ3n) is 4.32. The maximum Gasteiger partial charge on any atom is 0.142 e. The van der Waals surface area contributed by atoms with Gasteiger partial charge in [-0.25, -0.2) is 4.98 Å². The Morgan fingerprint density at radius 3 is 2.95 bits per heavy atom. The summed E-state index contributed by atoms with van der Waals surface area (Å²) < 4.78 is 0. The highest BCUT2D eigenvalue weighted by atomic mass is 32.1. The van der Waals surface area contributed by atoms with Crippen LogP contribution in [0.5, 0.6) is 0 Å². The summed E-state index contributed by atoms with van der Waals surface area (Å²) in [5.74, 6) is 0.777. The molecule has 21 heavy (non-hydrogen) atoms. The van der Waals surface area contributed by atoms with Crippen molar-refractivity contribution in [1.82, 2.24) is 14.9 Å². The van der Waals surface area contributed by atoms with Crippen molar-refractivity contribution in [3.8, 4) is 10.7 Å². The van der Waals surface area contributed by atoms with Crippen LogP contribution in [0.2, 0.25) is 0 Å². The van der Waals surface area contributed by atoms with Crippen LogP contribution < -0.4 is 0 Å². The predicted molar refractivity (Wildman–Crippen MR) is 88.7 cm³/mol. The molecular weight excluding hydrogens is 278 g/mol.